The van der Waals surface area contributed by atoms with Crippen molar-refractivity contribution in [3.63, 3.8) is 0 Å². The van der Waals surface area contributed by atoms with Gasteiger partial charge in [-0.15, -0.1) is 22.6 Å². The fraction of sp³-hybridized carbons (Fsp3) is 0.0357. The number of para-hydroxylation sites is 3. The van der Waals surface area contributed by atoms with Crippen molar-refractivity contribution in [2.75, 3.05) is 0 Å². The van der Waals surface area contributed by atoms with Gasteiger partial charge in [0.15, 0.2) is 17.4 Å². The van der Waals surface area contributed by atoms with Crippen LogP contribution in [-0.2, 0) is 33.5 Å². The van der Waals surface area contributed by atoms with Crippen LogP contribution < -0.4 is 0 Å². The van der Waals surface area contributed by atoms with Gasteiger partial charge in [0.25, 0.3) is 0 Å². The molecule has 0 amide bonds. The number of imidazole rings is 1. The maximum Gasteiger partial charge on any atom is 0.188 e. The molecule has 0 saturated heterocycles. The van der Waals surface area contributed by atoms with Crippen LogP contribution in [0.2, 0.25) is 0 Å². The fourth-order valence-corrected chi connectivity index (χ4v) is 9.89. The summed E-state index contributed by atoms with van der Waals surface area (Å²) >= 11 is 0. The summed E-state index contributed by atoms with van der Waals surface area (Å²) in [6.07, 6.45) is 4.09. The summed E-state index contributed by atoms with van der Waals surface area (Å²) in [4.78, 5) is 5.09. The minimum absolute atomic E-state index is 0. The minimum atomic E-state index is -0.715. The number of hydrogen-bond acceptors (Lipinski definition) is 1. The van der Waals surface area contributed by atoms with Gasteiger partial charge < -0.3 is 4.57 Å². The first-order valence-electron chi connectivity index (χ1n) is 20.4. The van der Waals surface area contributed by atoms with Crippen molar-refractivity contribution >= 4 is 32.8 Å². The van der Waals surface area contributed by atoms with Gasteiger partial charge in [0.05, 0.1) is 0 Å². The van der Waals surface area contributed by atoms with Gasteiger partial charge >= 0.3 is 0 Å². The Hall–Kier alpha value is -7.13. The second-order valence-electron chi connectivity index (χ2n) is 15.7. The van der Waals surface area contributed by atoms with Gasteiger partial charge in [0.2, 0.25) is 0 Å². The molecule has 0 aliphatic heterocycles. The topological polar surface area (TPSA) is 27.7 Å². The molecule has 5 heteroatoms. The number of aryl methyl sites for hydroxylation is 1. The molecule has 8 aromatic carbocycles. The average Bonchev–Trinajstić information content (AvgIpc) is 3.95. The van der Waals surface area contributed by atoms with Gasteiger partial charge in [-0.25, -0.2) is 14.1 Å². The maximum absolute atomic E-state index is 5.09. The van der Waals surface area contributed by atoms with Gasteiger partial charge in [0, 0.05) is 63.1 Å². The predicted octanol–water partition coefficient (Wildman–Crippen LogP) is 13.0. The second-order valence-corrected chi connectivity index (χ2v) is 15.7. The van der Waals surface area contributed by atoms with Crippen LogP contribution in [0.15, 0.2) is 207 Å². The summed E-state index contributed by atoms with van der Waals surface area (Å²) in [7, 11) is 2.10. The summed E-state index contributed by atoms with van der Waals surface area (Å²) in [5, 5.41) is 2.29. The Morgan fingerprint density at radius 1 is 0.492 bits per heavy atom. The zero-order valence-electron chi connectivity index (χ0n) is 33.2. The first kappa shape index (κ1) is 36.9. The Labute approximate surface area is 368 Å². The molecule has 0 radical (unpaired) electrons. The van der Waals surface area contributed by atoms with Crippen LogP contribution >= 0.6 is 0 Å². The number of nitrogens with zero attached hydrogens (tertiary/aromatic N) is 4. The number of rotatable bonds is 6. The van der Waals surface area contributed by atoms with E-state index in [1.165, 1.54) is 33.4 Å². The van der Waals surface area contributed by atoms with Crippen LogP contribution in [0.3, 0.4) is 0 Å². The van der Waals surface area contributed by atoms with Crippen molar-refractivity contribution in [3.05, 3.63) is 241 Å². The van der Waals surface area contributed by atoms with Crippen LogP contribution in [0.5, 0.6) is 0 Å². The second kappa shape index (κ2) is 14.6. The van der Waals surface area contributed by atoms with Gasteiger partial charge in [-0.3, -0.25) is 0 Å². The zero-order chi connectivity index (χ0) is 39.8. The zero-order valence-corrected chi connectivity index (χ0v) is 35.5. The Kier molecular flexibility index (Phi) is 8.80. The van der Waals surface area contributed by atoms with Crippen molar-refractivity contribution in [1.82, 2.24) is 18.7 Å². The van der Waals surface area contributed by atoms with E-state index in [1.807, 2.05) is 6.20 Å². The molecule has 1 aliphatic carbocycles. The molecule has 292 valence electrons. The predicted molar refractivity (Wildman–Crippen MR) is 245 cm³/mol. The molecule has 0 N–H and O–H groups in total. The van der Waals surface area contributed by atoms with E-state index in [2.05, 4.69) is 233 Å². The Bertz CT molecular complexity index is 3420. The molecule has 0 saturated carbocycles. The number of hydrogen-bond donors (Lipinski definition) is 0. The van der Waals surface area contributed by atoms with Crippen molar-refractivity contribution in [1.29, 1.82) is 0 Å². The van der Waals surface area contributed by atoms with E-state index < -0.39 is 5.41 Å². The maximum atomic E-state index is 5.09. The van der Waals surface area contributed by atoms with E-state index in [9.17, 15) is 0 Å². The molecule has 4 nitrogen and oxygen atoms in total. The molecular formula is C56H37N4Pt-. The largest absolute Gasteiger partial charge is 0.319 e. The third kappa shape index (κ3) is 5.56. The van der Waals surface area contributed by atoms with Gasteiger partial charge in [-0.1, -0.05) is 133 Å². The van der Waals surface area contributed by atoms with Crippen molar-refractivity contribution in [3.8, 4) is 44.9 Å². The van der Waals surface area contributed by atoms with E-state index in [4.69, 9.17) is 4.98 Å². The third-order valence-electron chi connectivity index (χ3n) is 12.5. The van der Waals surface area contributed by atoms with Crippen LogP contribution in [0.1, 0.15) is 22.3 Å². The molecule has 3 heterocycles. The van der Waals surface area contributed by atoms with Gasteiger partial charge in [-0.2, -0.15) is 30.3 Å². The molecule has 3 aromatic heterocycles. The van der Waals surface area contributed by atoms with Crippen LogP contribution in [-0.4, -0.2) is 18.7 Å². The summed E-state index contributed by atoms with van der Waals surface area (Å²) in [5.74, 6) is 0.845. The van der Waals surface area contributed by atoms with E-state index in [-0.39, 0.29) is 21.1 Å². The van der Waals surface area contributed by atoms with E-state index in [1.54, 1.807) is 0 Å². The average molecular weight is 961 g/mol. The number of fused-ring (bicyclic) bond motifs is 7. The fourth-order valence-electron chi connectivity index (χ4n) is 9.89. The SMILES string of the molecule is Cn1[cH+]n(-c2[c-]c(C3(c4[c-]c5c(cc4)c4ccccc4n5-c4cc(-c5ccccc5-c5ccccc5)ccn4)c4ccccc4-c4ccccc43)ccc2)c2ccccc21.[Pt]. The molecule has 61 heavy (non-hydrogen) atoms. The van der Waals surface area contributed by atoms with E-state index in [0.29, 0.717) is 0 Å². The van der Waals surface area contributed by atoms with E-state index in [0.717, 1.165) is 66.6 Å². The minimum Gasteiger partial charge on any atom is -0.319 e. The monoisotopic (exact) mass is 960 g/mol. The molecule has 0 spiro atoms. The molecule has 11 aromatic rings. The van der Waals surface area contributed by atoms with Crippen LogP contribution in [0.4, 0.5) is 0 Å². The van der Waals surface area contributed by atoms with Crippen LogP contribution in [0.25, 0.3) is 77.7 Å². The van der Waals surface area contributed by atoms with Gasteiger partial charge in [0.1, 0.15) is 5.82 Å². The summed E-state index contributed by atoms with van der Waals surface area (Å²) in [5.41, 5.74) is 16.3. The Morgan fingerprint density at radius 2 is 1.10 bits per heavy atom. The summed E-state index contributed by atoms with van der Waals surface area (Å²) in [6.45, 7) is 0. The van der Waals surface area contributed by atoms with E-state index >= 15 is 0 Å². The van der Waals surface area contributed by atoms with Crippen molar-refractivity contribution in [2.24, 2.45) is 7.05 Å². The molecule has 0 atom stereocenters. The normalized spacial score (nSPS) is 12.7. The summed E-state index contributed by atoms with van der Waals surface area (Å²) < 4.78 is 6.73. The number of benzene rings is 8. The Morgan fingerprint density at radius 3 is 1.85 bits per heavy atom. The first-order valence-corrected chi connectivity index (χ1v) is 20.4. The molecule has 0 bridgehead atoms. The number of pyridine rings is 1. The Balaban J connectivity index is 0.00000420. The third-order valence-corrected chi connectivity index (χ3v) is 12.5. The standard InChI is InChI=1S/C56H37N4.Pt/c1-58-37-59(53-29-14-13-28-52(53)58)42-19-15-18-40(35-42)56(49-25-10-7-22-45(49)46-23-8-11-26-50(46)56)41-30-31-48-47-24-9-12-27-51(47)60(54(48)36-41)55-34-39(32-33-57-55)44-21-6-5-20-43(44)38-16-3-2-4-17-38;/h2-34,37H,1H3;/q-1;. The molecule has 0 fully saturated rings. The number of aromatic nitrogens is 4. The first-order chi connectivity index (χ1) is 29.7. The van der Waals surface area contributed by atoms with Gasteiger partial charge in [-0.05, 0) is 80.2 Å². The van der Waals surface area contributed by atoms with Crippen molar-refractivity contribution in [2.45, 2.75) is 5.41 Å². The molecule has 12 rings (SSSR count). The van der Waals surface area contributed by atoms with Crippen molar-refractivity contribution < 1.29 is 21.1 Å². The summed E-state index contributed by atoms with van der Waals surface area (Å²) in [6, 6.07) is 77.8. The quantitative estimate of drug-likeness (QED) is 0.153. The molecular weight excluding hydrogens is 924 g/mol. The van der Waals surface area contributed by atoms with Crippen LogP contribution in [0, 0.1) is 12.1 Å². The molecule has 0 unspecified atom stereocenters. The molecule has 1 aliphatic rings. The smallest absolute Gasteiger partial charge is 0.188 e.